The summed E-state index contributed by atoms with van der Waals surface area (Å²) in [5.41, 5.74) is 0.797. The van der Waals surface area contributed by atoms with Gasteiger partial charge in [-0.3, -0.25) is 0 Å². The highest BCUT2D eigenvalue weighted by atomic mass is 16.5. The molecule has 2 rings (SSSR count). The first kappa shape index (κ1) is 11.7. The van der Waals surface area contributed by atoms with E-state index in [0.29, 0.717) is 13.0 Å². The minimum Gasteiger partial charge on any atom is -0.493 e. The summed E-state index contributed by atoms with van der Waals surface area (Å²) >= 11 is 0. The predicted molar refractivity (Wildman–Crippen MR) is 65.0 cm³/mol. The summed E-state index contributed by atoms with van der Waals surface area (Å²) < 4.78 is 10.7. The Kier molecular flexibility index (Phi) is 3.83. The van der Waals surface area contributed by atoms with E-state index < -0.39 is 6.10 Å². The standard InChI is InChI=1S/C14H16O3/c1-2-16-14-8-4-3-7-12(14)13(15)10-11-6-5-9-17-11/h3-9,13,15H,2,10H2,1H3. The lowest BCUT2D eigenvalue weighted by atomic mass is 10.0. The van der Waals surface area contributed by atoms with Gasteiger partial charge in [-0.25, -0.2) is 0 Å². The van der Waals surface area contributed by atoms with E-state index >= 15 is 0 Å². The van der Waals surface area contributed by atoms with Crippen LogP contribution in [0, 0.1) is 0 Å². The highest BCUT2D eigenvalue weighted by molar-refractivity contribution is 5.35. The molecule has 0 spiro atoms. The second kappa shape index (κ2) is 5.55. The third kappa shape index (κ3) is 2.88. The zero-order valence-electron chi connectivity index (χ0n) is 9.80. The normalized spacial score (nSPS) is 12.4. The Labute approximate surface area is 101 Å². The van der Waals surface area contributed by atoms with Crippen LogP contribution in [-0.2, 0) is 6.42 Å². The van der Waals surface area contributed by atoms with E-state index in [1.807, 2.05) is 43.3 Å². The van der Waals surface area contributed by atoms with Crippen LogP contribution in [0.3, 0.4) is 0 Å². The lowest BCUT2D eigenvalue weighted by Crippen LogP contribution is -2.04. The van der Waals surface area contributed by atoms with Gasteiger partial charge in [0.25, 0.3) is 0 Å². The lowest BCUT2D eigenvalue weighted by Gasteiger charge is -2.14. The molecule has 1 heterocycles. The zero-order chi connectivity index (χ0) is 12.1. The average molecular weight is 232 g/mol. The highest BCUT2D eigenvalue weighted by Gasteiger charge is 2.14. The van der Waals surface area contributed by atoms with Crippen molar-refractivity contribution in [2.45, 2.75) is 19.4 Å². The van der Waals surface area contributed by atoms with Crippen molar-refractivity contribution in [3.63, 3.8) is 0 Å². The Hall–Kier alpha value is -1.74. The molecule has 1 aromatic heterocycles. The molecular weight excluding hydrogens is 216 g/mol. The van der Waals surface area contributed by atoms with Gasteiger partial charge in [-0.2, -0.15) is 0 Å². The molecule has 0 saturated carbocycles. The van der Waals surface area contributed by atoms with E-state index in [4.69, 9.17) is 9.15 Å². The molecule has 1 aromatic carbocycles. The number of rotatable bonds is 5. The molecule has 1 atom stereocenters. The Bertz CT molecular complexity index is 448. The van der Waals surface area contributed by atoms with Gasteiger partial charge in [0.05, 0.1) is 19.0 Å². The first-order valence-corrected chi connectivity index (χ1v) is 5.73. The second-order valence-electron chi connectivity index (χ2n) is 3.77. The van der Waals surface area contributed by atoms with E-state index in [0.717, 1.165) is 17.1 Å². The topological polar surface area (TPSA) is 42.6 Å². The molecule has 1 N–H and O–H groups in total. The Morgan fingerprint density at radius 2 is 2.06 bits per heavy atom. The van der Waals surface area contributed by atoms with Gasteiger partial charge in [-0.15, -0.1) is 0 Å². The Morgan fingerprint density at radius 1 is 1.24 bits per heavy atom. The molecule has 17 heavy (non-hydrogen) atoms. The SMILES string of the molecule is CCOc1ccccc1C(O)Cc1ccco1. The van der Waals surface area contributed by atoms with Crippen LogP contribution in [0.5, 0.6) is 5.75 Å². The molecule has 0 aliphatic rings. The van der Waals surface area contributed by atoms with Crippen LogP contribution in [0.15, 0.2) is 47.1 Å². The molecule has 2 aromatic rings. The minimum absolute atomic E-state index is 0.455. The quantitative estimate of drug-likeness (QED) is 0.861. The number of aliphatic hydroxyl groups excluding tert-OH is 1. The molecule has 90 valence electrons. The average Bonchev–Trinajstić information content (AvgIpc) is 2.83. The van der Waals surface area contributed by atoms with Crippen molar-refractivity contribution in [3.8, 4) is 5.75 Å². The highest BCUT2D eigenvalue weighted by Crippen LogP contribution is 2.27. The fourth-order valence-electron chi connectivity index (χ4n) is 1.77. The van der Waals surface area contributed by atoms with Crippen LogP contribution in [0.4, 0.5) is 0 Å². The largest absolute Gasteiger partial charge is 0.493 e. The third-order valence-corrected chi connectivity index (χ3v) is 2.55. The van der Waals surface area contributed by atoms with Crippen LogP contribution < -0.4 is 4.74 Å². The maximum absolute atomic E-state index is 10.2. The monoisotopic (exact) mass is 232 g/mol. The molecular formula is C14H16O3. The number of ether oxygens (including phenoxy) is 1. The summed E-state index contributed by atoms with van der Waals surface area (Å²) in [5, 5.41) is 10.2. The van der Waals surface area contributed by atoms with Gasteiger partial charge in [0, 0.05) is 12.0 Å². The third-order valence-electron chi connectivity index (χ3n) is 2.55. The fraction of sp³-hybridized carbons (Fsp3) is 0.286. The molecule has 0 aliphatic carbocycles. The van der Waals surface area contributed by atoms with Crippen LogP contribution >= 0.6 is 0 Å². The molecule has 0 fully saturated rings. The smallest absolute Gasteiger partial charge is 0.125 e. The molecule has 0 bridgehead atoms. The summed E-state index contributed by atoms with van der Waals surface area (Å²) in [6.45, 7) is 2.51. The maximum atomic E-state index is 10.2. The number of furan rings is 1. The van der Waals surface area contributed by atoms with Crippen molar-refractivity contribution >= 4 is 0 Å². The Morgan fingerprint density at radius 3 is 2.76 bits per heavy atom. The molecule has 1 unspecified atom stereocenters. The molecule has 3 nitrogen and oxygen atoms in total. The van der Waals surface area contributed by atoms with Crippen LogP contribution in [0.2, 0.25) is 0 Å². The van der Waals surface area contributed by atoms with Gasteiger partial charge < -0.3 is 14.3 Å². The minimum atomic E-state index is -0.608. The first-order chi connectivity index (χ1) is 8.31. The van der Waals surface area contributed by atoms with E-state index in [9.17, 15) is 5.11 Å². The van der Waals surface area contributed by atoms with Crippen LogP contribution in [0.25, 0.3) is 0 Å². The summed E-state index contributed by atoms with van der Waals surface area (Å²) in [6.07, 6.45) is 1.46. The number of benzene rings is 1. The number of aliphatic hydroxyl groups is 1. The van der Waals surface area contributed by atoms with Gasteiger partial charge >= 0.3 is 0 Å². The predicted octanol–water partition coefficient (Wildman–Crippen LogP) is 2.95. The Balaban J connectivity index is 2.15. The number of hydrogen-bond donors (Lipinski definition) is 1. The van der Waals surface area contributed by atoms with Crippen molar-refractivity contribution in [3.05, 3.63) is 54.0 Å². The van der Waals surface area contributed by atoms with Crippen molar-refractivity contribution in [2.24, 2.45) is 0 Å². The van der Waals surface area contributed by atoms with Crippen LogP contribution in [-0.4, -0.2) is 11.7 Å². The van der Waals surface area contributed by atoms with Crippen molar-refractivity contribution in [1.29, 1.82) is 0 Å². The molecule has 0 aliphatic heterocycles. The molecule has 0 amide bonds. The van der Waals surface area contributed by atoms with Gasteiger partial charge in [-0.05, 0) is 25.1 Å². The van der Waals surface area contributed by atoms with E-state index in [1.54, 1.807) is 6.26 Å². The van der Waals surface area contributed by atoms with E-state index in [1.165, 1.54) is 0 Å². The molecule has 3 heteroatoms. The fourth-order valence-corrected chi connectivity index (χ4v) is 1.77. The zero-order valence-corrected chi connectivity index (χ0v) is 9.80. The van der Waals surface area contributed by atoms with Gasteiger partial charge in [0.15, 0.2) is 0 Å². The van der Waals surface area contributed by atoms with E-state index in [2.05, 4.69) is 0 Å². The lowest BCUT2D eigenvalue weighted by molar-refractivity contribution is 0.165. The molecule has 0 saturated heterocycles. The van der Waals surface area contributed by atoms with Crippen molar-refractivity contribution < 1.29 is 14.3 Å². The molecule has 0 radical (unpaired) electrons. The van der Waals surface area contributed by atoms with E-state index in [-0.39, 0.29) is 0 Å². The second-order valence-corrected chi connectivity index (χ2v) is 3.77. The van der Waals surface area contributed by atoms with Gasteiger partial charge in [0.1, 0.15) is 11.5 Å². The summed E-state index contributed by atoms with van der Waals surface area (Å²) in [7, 11) is 0. The summed E-state index contributed by atoms with van der Waals surface area (Å²) in [6, 6.07) is 11.2. The summed E-state index contributed by atoms with van der Waals surface area (Å²) in [5.74, 6) is 1.50. The number of para-hydroxylation sites is 1. The van der Waals surface area contributed by atoms with Gasteiger partial charge in [0.2, 0.25) is 0 Å². The van der Waals surface area contributed by atoms with Gasteiger partial charge in [-0.1, -0.05) is 18.2 Å². The van der Waals surface area contributed by atoms with Crippen molar-refractivity contribution in [2.75, 3.05) is 6.61 Å². The first-order valence-electron chi connectivity index (χ1n) is 5.73. The maximum Gasteiger partial charge on any atom is 0.125 e. The van der Waals surface area contributed by atoms with Crippen molar-refractivity contribution in [1.82, 2.24) is 0 Å². The van der Waals surface area contributed by atoms with Crippen LogP contribution in [0.1, 0.15) is 24.4 Å². The number of hydrogen-bond acceptors (Lipinski definition) is 3. The summed E-state index contributed by atoms with van der Waals surface area (Å²) in [4.78, 5) is 0.